The Morgan fingerprint density at radius 2 is 1.80 bits per heavy atom. The number of benzene rings is 1. The molecule has 1 aromatic carbocycles. The van der Waals surface area contributed by atoms with Crippen molar-refractivity contribution < 1.29 is 4.74 Å². The second-order valence-corrected chi connectivity index (χ2v) is 5.63. The molecule has 0 aromatic heterocycles. The molecule has 0 saturated carbocycles. The predicted molar refractivity (Wildman–Crippen MR) is 85.6 cm³/mol. The summed E-state index contributed by atoms with van der Waals surface area (Å²) in [6.45, 7) is 6.34. The average molecular weight is 278 g/mol. The van der Waals surface area contributed by atoms with Gasteiger partial charge in [0.1, 0.15) is 5.75 Å². The van der Waals surface area contributed by atoms with Crippen LogP contribution in [0.1, 0.15) is 70.9 Å². The van der Waals surface area contributed by atoms with Crippen LogP contribution in [0.2, 0.25) is 0 Å². The highest BCUT2D eigenvalue weighted by Crippen LogP contribution is 2.29. The van der Waals surface area contributed by atoms with Crippen molar-refractivity contribution >= 4 is 0 Å². The molecule has 0 aliphatic heterocycles. The number of rotatable bonds is 10. The number of nitrogens with one attached hydrogen (secondary N) is 1. The van der Waals surface area contributed by atoms with Crippen molar-refractivity contribution in [3.63, 3.8) is 0 Å². The molecule has 114 valence electrons. The molecule has 3 heteroatoms. The molecule has 0 aliphatic carbocycles. The van der Waals surface area contributed by atoms with E-state index < -0.39 is 0 Å². The summed E-state index contributed by atoms with van der Waals surface area (Å²) in [6.07, 6.45) is 7.64. The van der Waals surface area contributed by atoms with Crippen LogP contribution >= 0.6 is 0 Å². The van der Waals surface area contributed by atoms with E-state index in [1.165, 1.54) is 37.7 Å². The predicted octanol–water partition coefficient (Wildman–Crippen LogP) is 4.34. The molecule has 0 spiro atoms. The minimum absolute atomic E-state index is 0.173. The lowest BCUT2D eigenvalue weighted by Crippen LogP contribution is -2.28. The molecule has 0 fully saturated rings. The van der Waals surface area contributed by atoms with Crippen LogP contribution in [0.15, 0.2) is 24.3 Å². The number of hydrazine groups is 1. The summed E-state index contributed by atoms with van der Waals surface area (Å²) in [5, 5.41) is 0. The van der Waals surface area contributed by atoms with E-state index in [4.69, 9.17) is 10.6 Å². The van der Waals surface area contributed by atoms with Gasteiger partial charge in [-0.15, -0.1) is 0 Å². The first-order valence-electron chi connectivity index (χ1n) is 7.90. The Hall–Kier alpha value is -1.06. The van der Waals surface area contributed by atoms with Gasteiger partial charge in [-0.1, -0.05) is 57.2 Å². The van der Waals surface area contributed by atoms with Crippen molar-refractivity contribution in [2.24, 2.45) is 5.84 Å². The van der Waals surface area contributed by atoms with Gasteiger partial charge in [0.15, 0.2) is 0 Å². The average Bonchev–Trinajstić information content (AvgIpc) is 2.43. The molecule has 1 aromatic rings. The Bertz CT molecular complexity index is 366. The van der Waals surface area contributed by atoms with E-state index in [-0.39, 0.29) is 12.1 Å². The number of nitrogens with two attached hydrogens (primary N) is 1. The lowest BCUT2D eigenvalue weighted by atomic mass is 9.99. The van der Waals surface area contributed by atoms with Crippen molar-refractivity contribution in [3.8, 4) is 5.75 Å². The zero-order valence-electron chi connectivity index (χ0n) is 13.2. The van der Waals surface area contributed by atoms with E-state index in [0.29, 0.717) is 0 Å². The van der Waals surface area contributed by atoms with Crippen molar-refractivity contribution in [2.45, 2.75) is 71.4 Å². The Morgan fingerprint density at radius 3 is 2.45 bits per heavy atom. The first-order valence-corrected chi connectivity index (χ1v) is 7.90. The van der Waals surface area contributed by atoms with Crippen LogP contribution in [-0.2, 0) is 0 Å². The Labute approximate surface area is 123 Å². The van der Waals surface area contributed by atoms with Crippen LogP contribution in [-0.4, -0.2) is 6.10 Å². The number of para-hydroxylation sites is 1. The van der Waals surface area contributed by atoms with E-state index in [9.17, 15) is 0 Å². The molecule has 1 unspecified atom stereocenters. The fourth-order valence-corrected chi connectivity index (χ4v) is 2.41. The maximum absolute atomic E-state index is 5.88. The normalized spacial score (nSPS) is 12.7. The minimum atomic E-state index is 0.173. The third-order valence-corrected chi connectivity index (χ3v) is 3.45. The van der Waals surface area contributed by atoms with E-state index >= 15 is 0 Å². The van der Waals surface area contributed by atoms with Crippen LogP contribution < -0.4 is 16.0 Å². The molecule has 0 amide bonds. The van der Waals surface area contributed by atoms with Crippen LogP contribution in [0.3, 0.4) is 0 Å². The molecular formula is C17H30N2O. The minimum Gasteiger partial charge on any atom is -0.491 e. The van der Waals surface area contributed by atoms with Crippen molar-refractivity contribution in [1.29, 1.82) is 0 Å². The van der Waals surface area contributed by atoms with Gasteiger partial charge in [-0.3, -0.25) is 11.3 Å². The quantitative estimate of drug-likeness (QED) is 0.380. The van der Waals surface area contributed by atoms with Gasteiger partial charge in [0, 0.05) is 11.6 Å². The lowest BCUT2D eigenvalue weighted by molar-refractivity contribution is 0.237. The monoisotopic (exact) mass is 278 g/mol. The van der Waals surface area contributed by atoms with E-state index in [1.54, 1.807) is 0 Å². The molecule has 20 heavy (non-hydrogen) atoms. The first kappa shape index (κ1) is 17.0. The maximum atomic E-state index is 5.88. The number of ether oxygens (including phenoxy) is 1. The fourth-order valence-electron chi connectivity index (χ4n) is 2.41. The Morgan fingerprint density at radius 1 is 1.10 bits per heavy atom. The van der Waals surface area contributed by atoms with E-state index in [1.807, 2.05) is 32.0 Å². The standard InChI is InChI=1S/C17H30N2O/c1-4-5-6-7-8-12-16(19-18)15-11-9-10-13-17(15)20-14(2)3/h9-11,13-14,16,19H,4-8,12,18H2,1-3H3. The summed E-state index contributed by atoms with van der Waals surface area (Å²) in [5.41, 5.74) is 4.11. The molecule has 0 aliphatic rings. The molecule has 0 radical (unpaired) electrons. The first-order chi connectivity index (χ1) is 9.69. The molecule has 0 heterocycles. The van der Waals surface area contributed by atoms with Gasteiger partial charge >= 0.3 is 0 Å². The zero-order valence-corrected chi connectivity index (χ0v) is 13.2. The van der Waals surface area contributed by atoms with Crippen molar-refractivity contribution in [3.05, 3.63) is 29.8 Å². The SMILES string of the molecule is CCCCCCCC(NN)c1ccccc1OC(C)C. The highest BCUT2D eigenvalue weighted by Gasteiger charge is 2.15. The summed E-state index contributed by atoms with van der Waals surface area (Å²) < 4.78 is 5.88. The highest BCUT2D eigenvalue weighted by atomic mass is 16.5. The van der Waals surface area contributed by atoms with Crippen LogP contribution in [0, 0.1) is 0 Å². The molecule has 0 saturated heterocycles. The van der Waals surface area contributed by atoms with Gasteiger partial charge < -0.3 is 4.74 Å². The third-order valence-electron chi connectivity index (χ3n) is 3.45. The van der Waals surface area contributed by atoms with Crippen LogP contribution in [0.5, 0.6) is 5.75 Å². The number of unbranched alkanes of at least 4 members (excludes halogenated alkanes) is 4. The molecule has 3 nitrogen and oxygen atoms in total. The van der Waals surface area contributed by atoms with E-state index in [2.05, 4.69) is 18.4 Å². The third kappa shape index (κ3) is 5.93. The molecule has 0 bridgehead atoms. The fraction of sp³-hybridized carbons (Fsp3) is 0.647. The van der Waals surface area contributed by atoms with Gasteiger partial charge in [0.2, 0.25) is 0 Å². The smallest absolute Gasteiger partial charge is 0.124 e. The maximum Gasteiger partial charge on any atom is 0.124 e. The van der Waals surface area contributed by atoms with Crippen molar-refractivity contribution in [2.75, 3.05) is 0 Å². The molecular weight excluding hydrogens is 248 g/mol. The van der Waals surface area contributed by atoms with Crippen molar-refractivity contribution in [1.82, 2.24) is 5.43 Å². The molecule has 1 atom stereocenters. The van der Waals surface area contributed by atoms with Gasteiger partial charge in [-0.25, -0.2) is 0 Å². The summed E-state index contributed by atoms with van der Waals surface area (Å²) in [7, 11) is 0. The second-order valence-electron chi connectivity index (χ2n) is 5.63. The Balaban J connectivity index is 2.59. The summed E-state index contributed by atoms with van der Waals surface area (Å²) in [6, 6.07) is 8.36. The topological polar surface area (TPSA) is 47.3 Å². The van der Waals surface area contributed by atoms with E-state index in [0.717, 1.165) is 12.2 Å². The van der Waals surface area contributed by atoms with Crippen LogP contribution in [0.25, 0.3) is 0 Å². The number of hydrogen-bond acceptors (Lipinski definition) is 3. The van der Waals surface area contributed by atoms with Gasteiger partial charge in [-0.05, 0) is 26.3 Å². The molecule has 3 N–H and O–H groups in total. The highest BCUT2D eigenvalue weighted by molar-refractivity contribution is 5.36. The number of hydrogen-bond donors (Lipinski definition) is 2. The van der Waals surface area contributed by atoms with Gasteiger partial charge in [0.25, 0.3) is 0 Å². The summed E-state index contributed by atoms with van der Waals surface area (Å²) in [5.74, 6) is 6.68. The van der Waals surface area contributed by atoms with Gasteiger partial charge in [-0.2, -0.15) is 0 Å². The Kier molecular flexibility index (Phi) is 8.31. The lowest BCUT2D eigenvalue weighted by Gasteiger charge is -2.21. The molecule has 1 rings (SSSR count). The van der Waals surface area contributed by atoms with Gasteiger partial charge in [0.05, 0.1) is 6.10 Å². The summed E-state index contributed by atoms with van der Waals surface area (Å²) >= 11 is 0. The van der Waals surface area contributed by atoms with Crippen LogP contribution in [0.4, 0.5) is 0 Å². The second kappa shape index (κ2) is 9.78. The summed E-state index contributed by atoms with van der Waals surface area (Å²) in [4.78, 5) is 0. The largest absolute Gasteiger partial charge is 0.491 e. The zero-order chi connectivity index (χ0) is 14.8.